The monoisotopic (exact) mass is 1560 g/mol. The Morgan fingerprint density at radius 2 is 1.15 bits per heavy atom. The fourth-order valence-corrected chi connectivity index (χ4v) is 17.5. The Hall–Kier alpha value is -7.57. The maximum atomic E-state index is 14.4. The van der Waals surface area contributed by atoms with Gasteiger partial charge in [0, 0.05) is 118 Å². The second kappa shape index (κ2) is 39.7. The van der Waals surface area contributed by atoms with Crippen LogP contribution in [0.3, 0.4) is 0 Å². The van der Waals surface area contributed by atoms with Gasteiger partial charge in [-0.2, -0.15) is 0 Å². The van der Waals surface area contributed by atoms with E-state index in [4.69, 9.17) is 76.7 Å². The molecule has 6 aliphatic rings. The molecule has 618 valence electrons. The van der Waals surface area contributed by atoms with E-state index in [1.54, 1.807) is 53.6 Å². The number of rotatable bonds is 16. The predicted octanol–water partition coefficient (Wildman–Crippen LogP) is 9.92. The van der Waals surface area contributed by atoms with Gasteiger partial charge in [0.05, 0.1) is 48.2 Å². The van der Waals surface area contributed by atoms with E-state index in [9.17, 15) is 38.7 Å². The average Bonchev–Trinajstić information content (AvgIpc) is 1.58. The van der Waals surface area contributed by atoms with Gasteiger partial charge in [0.2, 0.25) is 0 Å². The number of aliphatic imine (C=N–C) groups is 1. The lowest BCUT2D eigenvalue weighted by atomic mass is 9.73. The molecule has 7 heterocycles. The summed E-state index contributed by atoms with van der Waals surface area (Å²) in [5.41, 5.74) is 9.74. The maximum absolute atomic E-state index is 14.4. The second-order valence-electron chi connectivity index (χ2n) is 32.5. The number of likely N-dealkylation sites (N-methyl/N-ethyl adjacent to an activating group) is 1. The molecule has 0 saturated carbocycles. The Morgan fingerprint density at radius 3 is 1.62 bits per heavy atom. The molecule has 1 amide bonds. The largest absolute Gasteiger partial charge is 0.458 e. The number of imidazole rings is 1. The molecule has 2 bridgehead atoms. The molecule has 26 heteroatoms. The summed E-state index contributed by atoms with van der Waals surface area (Å²) < 4.78 is 64.2. The van der Waals surface area contributed by atoms with Crippen LogP contribution in [0.15, 0.2) is 83.9 Å². The molecular formula is C86H126N8O18. The predicted molar refractivity (Wildman–Crippen MR) is 424 cm³/mol. The lowest BCUT2D eigenvalue weighted by Gasteiger charge is -2.48. The number of aliphatic hydroxyl groups is 1. The van der Waals surface area contributed by atoms with Crippen molar-refractivity contribution in [2.75, 3.05) is 54.5 Å². The lowest BCUT2D eigenvalue weighted by molar-refractivity contribution is -0.296. The molecule has 1 aromatic heterocycles. The highest BCUT2D eigenvalue weighted by molar-refractivity contribution is 6.01. The first-order valence-electron chi connectivity index (χ1n) is 39.6. The van der Waals surface area contributed by atoms with Crippen molar-refractivity contribution in [1.82, 2.24) is 24.3 Å². The van der Waals surface area contributed by atoms with Crippen LogP contribution in [-0.4, -0.2) is 227 Å². The van der Waals surface area contributed by atoms with Gasteiger partial charge in [-0.15, -0.1) is 12.8 Å². The number of cyclic esters (lactones) is 2. The van der Waals surface area contributed by atoms with Crippen LogP contribution >= 0.6 is 0 Å². The molecule has 24 atom stereocenters. The molecule has 26 nitrogen and oxygen atoms in total. The zero-order valence-corrected chi connectivity index (χ0v) is 69.8. The number of aromatic nitrogens is 2. The summed E-state index contributed by atoms with van der Waals surface area (Å²) in [6, 6.07) is 14.9. The Labute approximate surface area is 663 Å². The summed E-state index contributed by atoms with van der Waals surface area (Å²) in [6.45, 7) is 34.0. The van der Waals surface area contributed by atoms with Gasteiger partial charge in [0.25, 0.3) is 0 Å². The van der Waals surface area contributed by atoms with E-state index in [-0.39, 0.29) is 60.7 Å². The van der Waals surface area contributed by atoms with E-state index in [1.165, 1.54) is 45.8 Å². The number of nitrogens with zero attached hydrogens (tertiary/aromatic N) is 6. The number of carbonyl (C=O) groups is 7. The van der Waals surface area contributed by atoms with Gasteiger partial charge in [-0.3, -0.25) is 43.7 Å². The van der Waals surface area contributed by atoms with E-state index in [0.29, 0.717) is 64.1 Å². The first-order valence-corrected chi connectivity index (χ1v) is 39.6. The van der Waals surface area contributed by atoms with Crippen molar-refractivity contribution in [1.29, 1.82) is 0 Å². The molecule has 0 radical (unpaired) electrons. The number of esters is 2. The smallest absolute Gasteiger partial charge is 0.420 e. The molecule has 9 rings (SSSR count). The van der Waals surface area contributed by atoms with Crippen molar-refractivity contribution in [2.24, 2.45) is 63.8 Å². The lowest BCUT2D eigenvalue weighted by Crippen LogP contribution is -2.60. The molecule has 0 unspecified atom stereocenters. The number of allylic oxidation sites excluding steroid dienone is 1. The number of fused-ring (bicyclic) bond motifs is 1. The number of methoxy groups -OCH3 is 2. The summed E-state index contributed by atoms with van der Waals surface area (Å²) in [5, 5.41) is 11.9. The Morgan fingerprint density at radius 1 is 0.679 bits per heavy atom. The van der Waals surface area contributed by atoms with Crippen LogP contribution in [0.1, 0.15) is 178 Å². The number of ether oxygens (including phenoxy) is 10. The highest BCUT2D eigenvalue weighted by Gasteiger charge is 2.61. The number of aliphatic hydroxyl groups excluding tert-OH is 1. The van der Waals surface area contributed by atoms with Gasteiger partial charge in [-0.1, -0.05) is 91.5 Å². The van der Waals surface area contributed by atoms with E-state index in [1.807, 2.05) is 104 Å². The molecule has 6 aliphatic heterocycles. The number of Topliss-reactive ketones (excluding diaryl/α,β-unsaturated/α-hetero) is 3. The molecule has 4 fully saturated rings. The summed E-state index contributed by atoms with van der Waals surface area (Å²) in [7, 11) is 7.13. The summed E-state index contributed by atoms with van der Waals surface area (Å²) in [5.74, 6) is -2.58. The van der Waals surface area contributed by atoms with Crippen LogP contribution < -0.4 is 11.5 Å². The fourth-order valence-electron chi connectivity index (χ4n) is 17.5. The van der Waals surface area contributed by atoms with Gasteiger partial charge in [0.15, 0.2) is 41.1 Å². The number of benzene rings is 2. The second-order valence-corrected chi connectivity index (χ2v) is 32.5. The van der Waals surface area contributed by atoms with Gasteiger partial charge in [0.1, 0.15) is 36.5 Å². The van der Waals surface area contributed by atoms with Crippen LogP contribution in [0.25, 0.3) is 0 Å². The zero-order chi connectivity index (χ0) is 83.2. The fraction of sp³-hybridized carbons (Fsp3) is 0.663. The van der Waals surface area contributed by atoms with E-state index in [0.717, 1.165) is 39.0 Å². The van der Waals surface area contributed by atoms with Crippen LogP contribution in [-0.2, 0) is 84.4 Å². The number of nitrogens with two attached hydrogens (primary N) is 2. The van der Waals surface area contributed by atoms with Crippen molar-refractivity contribution < 1.29 is 86.0 Å². The minimum absolute atomic E-state index is 0.0599. The van der Waals surface area contributed by atoms with Crippen molar-refractivity contribution in [3.05, 3.63) is 101 Å². The van der Waals surface area contributed by atoms with Gasteiger partial charge < -0.3 is 63.9 Å². The van der Waals surface area contributed by atoms with Crippen LogP contribution in [0.4, 0.5) is 9.59 Å². The first kappa shape index (κ1) is 91.6. The van der Waals surface area contributed by atoms with Gasteiger partial charge in [-0.25, -0.2) is 19.1 Å². The quantitative estimate of drug-likeness (QED) is 0.0519. The minimum Gasteiger partial charge on any atom is -0.458 e. The van der Waals surface area contributed by atoms with Gasteiger partial charge >= 0.3 is 24.1 Å². The molecular weight excluding hydrogens is 1430 g/mol. The normalized spacial score (nSPS) is 36.2. The van der Waals surface area contributed by atoms with Gasteiger partial charge in [-0.05, 0) is 168 Å². The number of carbonyl (C=O) groups excluding carboxylic acids is 7. The average molecular weight is 1560 g/mol. The summed E-state index contributed by atoms with van der Waals surface area (Å²) >= 11 is 0. The highest BCUT2D eigenvalue weighted by Crippen LogP contribution is 2.46. The Bertz CT molecular complexity index is 3840. The third-order valence-corrected chi connectivity index (χ3v) is 23.9. The standard InChI is InChI=1S/C43H59N3O9.C41H59N3O9.C2H8N2/c1-13-32-15-17-33(18-16-32)24-45(11)34-21-28(5)52-40(29(34)6)54-38-30(7)37(48)31(8)39(49)53-35(14-2)42(9,55-41(50)46-20-19-44-25-46)22-26(3)36(47)27(4)23-43(38,10)51-12;1-12-28-14-16-29(17-15-28)22-43(10)30-20-24(4)50-38(34(30)46)52-36-26(6)33(45)27(7)37(47)51-31(13-2)41(9)35-25(5)32(23(3)21-40(36,8)49-11)42-18-19-44(35)39(48)53-41;3-1-2-4/h1,15-20,22,25,27-31,34-35,38,40H,14,21,23-24H2,2-12H3;1,14-17,23-27,30-31,34-36,38,46H,13,18-22H2,2-11H3;1-4H2/b26-22+;;/t27-,28-,29-,30+,31-,34+,35-,38-,40+,42+,43-;23-,24-,25+,26+,27-,30+,31-,34-,35-,36-,38+,40-,41-;/m11./s1. The van der Waals surface area contributed by atoms with E-state index < -0.39 is 137 Å². The third kappa shape index (κ3) is 21.1. The molecule has 0 aliphatic carbocycles. The third-order valence-electron chi connectivity index (χ3n) is 23.9. The molecule has 5 N–H and O–H groups in total. The molecule has 4 saturated heterocycles. The Kier molecular flexibility index (Phi) is 32.4. The maximum Gasteiger partial charge on any atom is 0.420 e. The molecule has 3 aromatic rings. The summed E-state index contributed by atoms with van der Waals surface area (Å²) in [4.78, 5) is 112. The highest BCUT2D eigenvalue weighted by atomic mass is 16.7. The van der Waals surface area contributed by atoms with Crippen molar-refractivity contribution >= 4 is 47.2 Å². The minimum atomic E-state index is -1.57. The number of terminal acetylenes is 2. The number of ketones is 3. The number of hydrogen-bond acceptors (Lipinski definition) is 24. The number of hydrogen-bond donors (Lipinski definition) is 3. The molecule has 0 spiro atoms. The van der Waals surface area contributed by atoms with Crippen molar-refractivity contribution in [3.63, 3.8) is 0 Å². The van der Waals surface area contributed by atoms with Crippen LogP contribution in [0.5, 0.6) is 0 Å². The molecule has 2 aromatic carbocycles. The van der Waals surface area contributed by atoms with Crippen molar-refractivity contribution in [2.45, 2.75) is 265 Å². The Balaban J connectivity index is 0.000000297. The van der Waals surface area contributed by atoms with E-state index >= 15 is 0 Å². The summed E-state index contributed by atoms with van der Waals surface area (Å²) in [6.07, 6.45) is 11.0. The van der Waals surface area contributed by atoms with Crippen molar-refractivity contribution in [3.8, 4) is 24.7 Å². The first-order chi connectivity index (χ1) is 52.8. The van der Waals surface area contributed by atoms with E-state index in [2.05, 4.69) is 47.5 Å². The topological polar surface area (TPSA) is 324 Å². The zero-order valence-electron chi connectivity index (χ0n) is 69.8. The number of amides is 1. The molecule has 112 heavy (non-hydrogen) atoms. The van der Waals surface area contributed by atoms with Crippen LogP contribution in [0, 0.1) is 72.0 Å². The van der Waals surface area contributed by atoms with Crippen LogP contribution in [0.2, 0.25) is 0 Å². The SMILES string of the molecule is C#Cc1ccc(CN(C)[C@H]2C[C@@H](C)O[C@@H](O[C@@H]3[C@@H](C)C(=O)[C@@H](C)C(=O)O[C@H](CC)[C@@](C)(OC(=O)n4ccnc4)/C=C(\C)C(=O)[C@H](C)C[C@@]3(C)OC)[C@@H]2C)cc1.C#Cc1ccc(CN(C)[C@H]2C[C@@H](C)O[C@@H](O[C@@H]3[C@@H](C)C(=O)[C@@H](C)C(=O)O[C@H](CC)[C@@]4(C)OC(=O)N5CCN=C([C@H](C)C[C@@]3(C)OC)[C@H](C)[C@@H]54)[C@@H]2O)cc1.NCCN.